The van der Waals surface area contributed by atoms with Gasteiger partial charge in [-0.15, -0.1) is 0 Å². The van der Waals surface area contributed by atoms with E-state index in [1.54, 1.807) is 31.4 Å². The van der Waals surface area contributed by atoms with Gasteiger partial charge in [0.1, 0.15) is 11.5 Å². The summed E-state index contributed by atoms with van der Waals surface area (Å²) in [7, 11) is 1.60. The molecule has 1 saturated heterocycles. The summed E-state index contributed by atoms with van der Waals surface area (Å²) < 4.78 is 16.8. The van der Waals surface area contributed by atoms with Gasteiger partial charge in [0.25, 0.3) is 0 Å². The maximum absolute atomic E-state index is 13.3. The summed E-state index contributed by atoms with van der Waals surface area (Å²) >= 11 is 6.24. The number of nitrogens with zero attached hydrogens (tertiary/aromatic N) is 3. The van der Waals surface area contributed by atoms with Gasteiger partial charge in [-0.25, -0.2) is 0 Å². The predicted octanol–water partition coefficient (Wildman–Crippen LogP) is 6.04. The van der Waals surface area contributed by atoms with E-state index >= 15 is 0 Å². The van der Waals surface area contributed by atoms with E-state index in [2.05, 4.69) is 20.4 Å². The number of carbonyl (C=O) groups excluding carboxylic acids is 1. The van der Waals surface area contributed by atoms with E-state index in [-0.39, 0.29) is 11.8 Å². The molecular weight excluding hydrogens is 492 g/mol. The molecule has 1 aromatic heterocycles. The standard InChI is InChI=1S/C28H27ClN4O4/c1-35-22-10-5-11-23(16-22)36-25-13-12-21(29)15-24(25)30-28(34)20-9-6-14-33(17-20)18-26-31-27(32-37-26)19-7-3-2-4-8-19/h2-5,7-8,10-13,15-16,20H,6,9,14,17-18H2,1H3,(H,30,34). The lowest BCUT2D eigenvalue weighted by atomic mass is 9.97. The molecule has 1 amide bonds. The zero-order valence-electron chi connectivity index (χ0n) is 20.4. The number of likely N-dealkylation sites (tertiary alicyclic amines) is 1. The second kappa shape index (κ2) is 11.5. The minimum atomic E-state index is -0.200. The van der Waals surface area contributed by atoms with Crippen LogP contribution in [0.4, 0.5) is 5.69 Å². The largest absolute Gasteiger partial charge is 0.497 e. The number of hydrogen-bond acceptors (Lipinski definition) is 7. The number of amides is 1. The van der Waals surface area contributed by atoms with Gasteiger partial charge in [-0.05, 0) is 49.7 Å². The van der Waals surface area contributed by atoms with Crippen molar-refractivity contribution < 1.29 is 18.8 Å². The van der Waals surface area contributed by atoms with E-state index in [1.807, 2.05) is 48.5 Å². The highest BCUT2D eigenvalue weighted by Gasteiger charge is 2.27. The second-order valence-electron chi connectivity index (χ2n) is 8.86. The first kappa shape index (κ1) is 24.8. The topological polar surface area (TPSA) is 89.7 Å². The summed E-state index contributed by atoms with van der Waals surface area (Å²) in [6.07, 6.45) is 1.68. The third-order valence-electron chi connectivity index (χ3n) is 6.20. The molecule has 0 bridgehead atoms. The highest BCUT2D eigenvalue weighted by molar-refractivity contribution is 6.31. The normalized spacial score (nSPS) is 15.8. The monoisotopic (exact) mass is 518 g/mol. The van der Waals surface area contributed by atoms with Crippen molar-refractivity contribution in [2.24, 2.45) is 5.92 Å². The molecule has 0 saturated carbocycles. The Hall–Kier alpha value is -3.88. The molecule has 8 nitrogen and oxygen atoms in total. The van der Waals surface area contributed by atoms with Crippen molar-refractivity contribution in [3.63, 3.8) is 0 Å². The van der Waals surface area contributed by atoms with Gasteiger partial charge >= 0.3 is 0 Å². The van der Waals surface area contributed by atoms with Crippen molar-refractivity contribution in [2.45, 2.75) is 19.4 Å². The Bertz CT molecular complexity index is 1360. The lowest BCUT2D eigenvalue weighted by Crippen LogP contribution is -2.40. The molecule has 1 N–H and O–H groups in total. The number of anilines is 1. The van der Waals surface area contributed by atoms with Crippen LogP contribution < -0.4 is 14.8 Å². The highest BCUT2D eigenvalue weighted by atomic mass is 35.5. The molecule has 9 heteroatoms. The average Bonchev–Trinajstić information content (AvgIpc) is 3.39. The van der Waals surface area contributed by atoms with E-state index < -0.39 is 0 Å². The molecule has 4 aromatic rings. The molecular formula is C28H27ClN4O4. The Morgan fingerprint density at radius 1 is 1.11 bits per heavy atom. The van der Waals surface area contributed by atoms with E-state index in [0.29, 0.717) is 52.8 Å². The summed E-state index contributed by atoms with van der Waals surface area (Å²) in [6.45, 7) is 1.93. The summed E-state index contributed by atoms with van der Waals surface area (Å²) in [5.74, 6) is 2.58. The quantitative estimate of drug-likeness (QED) is 0.304. The third-order valence-corrected chi connectivity index (χ3v) is 6.44. The summed E-state index contributed by atoms with van der Waals surface area (Å²) in [4.78, 5) is 20.0. The minimum absolute atomic E-state index is 0.0852. The molecule has 5 rings (SSSR count). The van der Waals surface area contributed by atoms with Crippen LogP contribution in [0.15, 0.2) is 77.3 Å². The van der Waals surface area contributed by atoms with Crippen LogP contribution >= 0.6 is 11.6 Å². The van der Waals surface area contributed by atoms with Gasteiger partial charge < -0.3 is 19.3 Å². The number of ether oxygens (including phenoxy) is 2. The molecule has 0 aliphatic carbocycles. The van der Waals surface area contributed by atoms with Gasteiger partial charge in [0.15, 0.2) is 5.75 Å². The molecule has 1 fully saturated rings. The third kappa shape index (κ3) is 6.28. The number of benzene rings is 3. The summed E-state index contributed by atoms with van der Waals surface area (Å²) in [6, 6.07) is 22.1. The zero-order chi connectivity index (χ0) is 25.6. The fraction of sp³-hybridized carbons (Fsp3) is 0.250. The predicted molar refractivity (Wildman–Crippen MR) is 141 cm³/mol. The number of nitrogens with one attached hydrogen (secondary N) is 1. The Morgan fingerprint density at radius 2 is 1.95 bits per heavy atom. The van der Waals surface area contributed by atoms with Crippen LogP contribution in [0.25, 0.3) is 11.4 Å². The first-order valence-corrected chi connectivity index (χ1v) is 12.5. The van der Waals surface area contributed by atoms with Gasteiger partial charge in [0.05, 0.1) is 25.3 Å². The van der Waals surface area contributed by atoms with E-state index in [1.165, 1.54) is 0 Å². The zero-order valence-corrected chi connectivity index (χ0v) is 21.1. The number of carbonyl (C=O) groups is 1. The smallest absolute Gasteiger partial charge is 0.241 e. The van der Waals surface area contributed by atoms with Crippen molar-refractivity contribution in [2.75, 3.05) is 25.5 Å². The summed E-state index contributed by atoms with van der Waals surface area (Å²) in [5, 5.41) is 7.62. The lowest BCUT2D eigenvalue weighted by Gasteiger charge is -2.31. The van der Waals surface area contributed by atoms with Crippen LogP contribution in [0.2, 0.25) is 5.02 Å². The first-order valence-electron chi connectivity index (χ1n) is 12.1. The van der Waals surface area contributed by atoms with Crippen molar-refractivity contribution in [1.82, 2.24) is 15.0 Å². The molecule has 1 aliphatic rings. The molecule has 0 radical (unpaired) electrons. The van der Waals surface area contributed by atoms with E-state index in [9.17, 15) is 4.79 Å². The van der Waals surface area contributed by atoms with Crippen LogP contribution in [-0.2, 0) is 11.3 Å². The van der Waals surface area contributed by atoms with Gasteiger partial charge in [-0.2, -0.15) is 4.98 Å². The Balaban J connectivity index is 1.24. The number of aromatic nitrogens is 2. The highest BCUT2D eigenvalue weighted by Crippen LogP contribution is 2.34. The number of halogens is 1. The number of piperidine rings is 1. The van der Waals surface area contributed by atoms with Crippen LogP contribution in [0, 0.1) is 5.92 Å². The average molecular weight is 519 g/mol. The molecule has 1 unspecified atom stereocenters. The van der Waals surface area contributed by atoms with Crippen molar-refractivity contribution in [3.8, 4) is 28.6 Å². The number of rotatable bonds is 8. The Kier molecular flexibility index (Phi) is 7.67. The fourth-order valence-corrected chi connectivity index (χ4v) is 4.52. The first-order chi connectivity index (χ1) is 18.1. The van der Waals surface area contributed by atoms with Crippen molar-refractivity contribution >= 4 is 23.2 Å². The molecule has 1 atom stereocenters. The van der Waals surface area contributed by atoms with Crippen molar-refractivity contribution in [1.29, 1.82) is 0 Å². The number of hydrogen-bond donors (Lipinski definition) is 1. The molecule has 1 aliphatic heterocycles. The van der Waals surface area contributed by atoms with Gasteiger partial charge in [0.2, 0.25) is 17.6 Å². The maximum atomic E-state index is 13.3. The van der Waals surface area contributed by atoms with Gasteiger partial charge in [-0.1, -0.05) is 53.2 Å². The van der Waals surface area contributed by atoms with Crippen LogP contribution in [0.1, 0.15) is 18.7 Å². The minimum Gasteiger partial charge on any atom is -0.497 e. The molecule has 37 heavy (non-hydrogen) atoms. The van der Waals surface area contributed by atoms with E-state index in [4.69, 9.17) is 25.6 Å². The summed E-state index contributed by atoms with van der Waals surface area (Å²) in [5.41, 5.74) is 1.42. The van der Waals surface area contributed by atoms with E-state index in [0.717, 1.165) is 24.9 Å². The Morgan fingerprint density at radius 3 is 2.78 bits per heavy atom. The molecule has 0 spiro atoms. The van der Waals surface area contributed by atoms with Gasteiger partial charge in [-0.3, -0.25) is 9.69 Å². The SMILES string of the molecule is COc1cccc(Oc2ccc(Cl)cc2NC(=O)C2CCCN(Cc3nc(-c4ccccc4)no3)C2)c1. The van der Waals surface area contributed by atoms with Crippen LogP contribution in [0.3, 0.4) is 0 Å². The Labute approximate surface area is 220 Å². The molecule has 2 heterocycles. The second-order valence-corrected chi connectivity index (χ2v) is 9.30. The maximum Gasteiger partial charge on any atom is 0.241 e. The lowest BCUT2D eigenvalue weighted by molar-refractivity contribution is -0.121. The van der Waals surface area contributed by atoms with Gasteiger partial charge in [0, 0.05) is 23.2 Å². The van der Waals surface area contributed by atoms with Crippen molar-refractivity contribution in [3.05, 3.63) is 83.7 Å². The molecule has 190 valence electrons. The number of methoxy groups -OCH3 is 1. The fourth-order valence-electron chi connectivity index (χ4n) is 4.34. The molecule has 3 aromatic carbocycles. The van der Waals surface area contributed by atoms with Crippen LogP contribution in [-0.4, -0.2) is 41.1 Å². The van der Waals surface area contributed by atoms with Crippen LogP contribution in [0.5, 0.6) is 17.2 Å².